The third kappa shape index (κ3) is 3.97. The molecule has 0 saturated carbocycles. The molecule has 1 heterocycles. The van der Waals surface area contributed by atoms with Crippen LogP contribution >= 0.6 is 0 Å². The van der Waals surface area contributed by atoms with E-state index in [2.05, 4.69) is 20.5 Å². The Morgan fingerprint density at radius 2 is 2.27 bits per heavy atom. The zero-order valence-electron chi connectivity index (χ0n) is 9.53. The van der Waals surface area contributed by atoms with Crippen molar-refractivity contribution in [2.75, 3.05) is 7.05 Å². The van der Waals surface area contributed by atoms with E-state index < -0.39 is 0 Å². The number of nitrogens with one attached hydrogen (secondary N) is 2. The number of nitrogens with zero attached hydrogens (tertiary/aromatic N) is 3. The van der Waals surface area contributed by atoms with Crippen LogP contribution in [-0.2, 0) is 6.54 Å². The van der Waals surface area contributed by atoms with Crippen molar-refractivity contribution in [3.05, 3.63) is 12.2 Å². The number of carbonyl (C=O) groups is 1. The van der Waals surface area contributed by atoms with Crippen LogP contribution < -0.4 is 5.32 Å². The molecule has 2 amide bonds. The molecule has 0 atom stereocenters. The summed E-state index contributed by atoms with van der Waals surface area (Å²) in [6.07, 6.45) is 1.42. The highest BCUT2D eigenvalue weighted by molar-refractivity contribution is 5.74. The number of aromatic nitrogens is 3. The lowest BCUT2D eigenvalue weighted by Crippen LogP contribution is -2.46. The molecule has 1 rings (SSSR count). The summed E-state index contributed by atoms with van der Waals surface area (Å²) in [5, 5.41) is 9.27. The average molecular weight is 211 g/mol. The zero-order chi connectivity index (χ0) is 11.5. The second-order valence-corrected chi connectivity index (χ2v) is 4.47. The lowest BCUT2D eigenvalue weighted by Gasteiger charge is -2.25. The number of amides is 2. The first-order valence-corrected chi connectivity index (χ1v) is 4.76. The SMILES string of the molecule is CN(Cc1ncn[nH]1)C(=O)NC(C)(C)C. The van der Waals surface area contributed by atoms with Crippen LogP contribution in [0.1, 0.15) is 26.6 Å². The number of hydrogen-bond donors (Lipinski definition) is 2. The van der Waals surface area contributed by atoms with E-state index in [0.717, 1.165) is 0 Å². The molecule has 0 aliphatic heterocycles. The molecule has 2 N–H and O–H groups in total. The van der Waals surface area contributed by atoms with E-state index in [-0.39, 0.29) is 11.6 Å². The van der Waals surface area contributed by atoms with Gasteiger partial charge >= 0.3 is 6.03 Å². The Bertz CT molecular complexity index is 314. The molecule has 6 heteroatoms. The van der Waals surface area contributed by atoms with E-state index in [4.69, 9.17) is 0 Å². The van der Waals surface area contributed by atoms with Crippen molar-refractivity contribution in [2.24, 2.45) is 0 Å². The maximum Gasteiger partial charge on any atom is 0.317 e. The lowest BCUT2D eigenvalue weighted by atomic mass is 10.1. The fourth-order valence-electron chi connectivity index (χ4n) is 1.02. The number of urea groups is 1. The minimum absolute atomic E-state index is 0.126. The van der Waals surface area contributed by atoms with Crippen molar-refractivity contribution >= 4 is 6.03 Å². The van der Waals surface area contributed by atoms with E-state index in [9.17, 15) is 4.79 Å². The summed E-state index contributed by atoms with van der Waals surface area (Å²) in [5.41, 5.74) is -0.229. The van der Waals surface area contributed by atoms with Crippen LogP contribution in [-0.4, -0.2) is 38.7 Å². The van der Waals surface area contributed by atoms with Crippen molar-refractivity contribution in [1.82, 2.24) is 25.4 Å². The average Bonchev–Trinajstić information content (AvgIpc) is 2.53. The van der Waals surface area contributed by atoms with Crippen LogP contribution in [0.2, 0.25) is 0 Å². The quantitative estimate of drug-likeness (QED) is 0.758. The van der Waals surface area contributed by atoms with E-state index in [0.29, 0.717) is 12.4 Å². The molecule has 0 spiro atoms. The van der Waals surface area contributed by atoms with Crippen molar-refractivity contribution in [3.8, 4) is 0 Å². The molecule has 1 aromatic rings. The highest BCUT2D eigenvalue weighted by atomic mass is 16.2. The van der Waals surface area contributed by atoms with Crippen LogP contribution in [0.15, 0.2) is 6.33 Å². The smallest absolute Gasteiger partial charge is 0.317 e. The fourth-order valence-corrected chi connectivity index (χ4v) is 1.02. The second-order valence-electron chi connectivity index (χ2n) is 4.47. The van der Waals surface area contributed by atoms with Crippen LogP contribution in [0.4, 0.5) is 4.79 Å². The van der Waals surface area contributed by atoms with Gasteiger partial charge in [0.2, 0.25) is 0 Å². The highest BCUT2D eigenvalue weighted by Crippen LogP contribution is 2.01. The van der Waals surface area contributed by atoms with Crippen LogP contribution in [0.5, 0.6) is 0 Å². The Hall–Kier alpha value is -1.59. The van der Waals surface area contributed by atoms with Gasteiger partial charge in [0, 0.05) is 12.6 Å². The first kappa shape index (κ1) is 11.5. The monoisotopic (exact) mass is 211 g/mol. The number of carbonyl (C=O) groups excluding carboxylic acids is 1. The minimum Gasteiger partial charge on any atom is -0.333 e. The summed E-state index contributed by atoms with van der Waals surface area (Å²) in [4.78, 5) is 17.1. The molecule has 0 aromatic carbocycles. The van der Waals surface area contributed by atoms with Gasteiger partial charge in [-0.05, 0) is 20.8 Å². The van der Waals surface area contributed by atoms with E-state index in [1.54, 1.807) is 11.9 Å². The van der Waals surface area contributed by atoms with Gasteiger partial charge in [-0.3, -0.25) is 5.10 Å². The van der Waals surface area contributed by atoms with Gasteiger partial charge in [0.25, 0.3) is 0 Å². The summed E-state index contributed by atoms with van der Waals surface area (Å²) in [6.45, 7) is 6.23. The fraction of sp³-hybridized carbons (Fsp3) is 0.667. The molecule has 15 heavy (non-hydrogen) atoms. The van der Waals surface area contributed by atoms with Crippen LogP contribution in [0.25, 0.3) is 0 Å². The molecule has 0 aliphatic rings. The molecule has 0 unspecified atom stereocenters. The maximum absolute atomic E-state index is 11.6. The Labute approximate surface area is 89.1 Å². The Kier molecular flexibility index (Phi) is 3.28. The van der Waals surface area contributed by atoms with Crippen molar-refractivity contribution in [2.45, 2.75) is 32.9 Å². The number of H-pyrrole nitrogens is 1. The van der Waals surface area contributed by atoms with Gasteiger partial charge < -0.3 is 10.2 Å². The van der Waals surface area contributed by atoms with E-state index in [1.807, 2.05) is 20.8 Å². The molecule has 0 radical (unpaired) electrons. The van der Waals surface area contributed by atoms with Gasteiger partial charge in [0.05, 0.1) is 6.54 Å². The summed E-state index contributed by atoms with van der Waals surface area (Å²) >= 11 is 0. The topological polar surface area (TPSA) is 73.9 Å². The molecule has 0 aliphatic carbocycles. The van der Waals surface area contributed by atoms with E-state index >= 15 is 0 Å². The Balaban J connectivity index is 2.47. The minimum atomic E-state index is -0.229. The molecular formula is C9H17N5O. The summed E-state index contributed by atoms with van der Waals surface area (Å²) in [5.74, 6) is 0.668. The molecule has 0 saturated heterocycles. The predicted molar refractivity (Wildman–Crippen MR) is 56.1 cm³/mol. The van der Waals surface area contributed by atoms with Gasteiger partial charge in [-0.15, -0.1) is 0 Å². The second kappa shape index (κ2) is 4.29. The van der Waals surface area contributed by atoms with Gasteiger partial charge in [-0.2, -0.15) is 5.10 Å². The van der Waals surface area contributed by atoms with Gasteiger partial charge in [-0.1, -0.05) is 0 Å². The summed E-state index contributed by atoms with van der Waals surface area (Å²) in [7, 11) is 1.71. The molecule has 84 valence electrons. The van der Waals surface area contributed by atoms with Gasteiger partial charge in [-0.25, -0.2) is 9.78 Å². The Morgan fingerprint density at radius 3 is 2.73 bits per heavy atom. The summed E-state index contributed by atoms with van der Waals surface area (Å²) in [6, 6.07) is -0.126. The predicted octanol–water partition coefficient (Wildman–Crippen LogP) is 0.745. The zero-order valence-corrected chi connectivity index (χ0v) is 9.53. The third-order valence-electron chi connectivity index (χ3n) is 1.68. The lowest BCUT2D eigenvalue weighted by molar-refractivity contribution is 0.196. The molecule has 0 fully saturated rings. The van der Waals surface area contributed by atoms with Crippen molar-refractivity contribution in [3.63, 3.8) is 0 Å². The largest absolute Gasteiger partial charge is 0.333 e. The first-order valence-electron chi connectivity index (χ1n) is 4.76. The first-order chi connectivity index (χ1) is 6.88. The van der Waals surface area contributed by atoms with Gasteiger partial charge in [0.1, 0.15) is 12.2 Å². The normalized spacial score (nSPS) is 11.2. The van der Waals surface area contributed by atoms with Crippen LogP contribution in [0, 0.1) is 0 Å². The maximum atomic E-state index is 11.6. The number of rotatable bonds is 2. The summed E-state index contributed by atoms with van der Waals surface area (Å²) < 4.78 is 0. The molecular weight excluding hydrogens is 194 g/mol. The third-order valence-corrected chi connectivity index (χ3v) is 1.68. The van der Waals surface area contributed by atoms with E-state index in [1.165, 1.54) is 6.33 Å². The standard InChI is InChI=1S/C9H17N5O/c1-9(2,3)12-8(15)14(4)5-7-10-6-11-13-7/h6H,5H2,1-4H3,(H,12,15)(H,10,11,13). The molecule has 0 bridgehead atoms. The van der Waals surface area contributed by atoms with Crippen LogP contribution in [0.3, 0.4) is 0 Å². The molecule has 1 aromatic heterocycles. The number of aromatic amines is 1. The highest BCUT2D eigenvalue weighted by Gasteiger charge is 2.17. The van der Waals surface area contributed by atoms with Gasteiger partial charge in [0.15, 0.2) is 0 Å². The molecule has 6 nitrogen and oxygen atoms in total. The van der Waals surface area contributed by atoms with Crippen molar-refractivity contribution < 1.29 is 4.79 Å². The number of hydrogen-bond acceptors (Lipinski definition) is 3. The van der Waals surface area contributed by atoms with Crippen molar-refractivity contribution in [1.29, 1.82) is 0 Å². The Morgan fingerprint density at radius 1 is 1.60 bits per heavy atom.